The summed E-state index contributed by atoms with van der Waals surface area (Å²) < 4.78 is 1.81. The maximum absolute atomic E-state index is 12.0. The van der Waals surface area contributed by atoms with Crippen LogP contribution in [0.15, 0.2) is 18.6 Å². The highest BCUT2D eigenvalue weighted by Crippen LogP contribution is 2.24. The number of hydrogen-bond donors (Lipinski definition) is 0. The molecule has 0 aliphatic carbocycles. The summed E-state index contributed by atoms with van der Waals surface area (Å²) in [5.41, 5.74) is 2.42. The van der Waals surface area contributed by atoms with Crippen molar-refractivity contribution in [2.24, 2.45) is 5.41 Å². The van der Waals surface area contributed by atoms with E-state index in [2.05, 4.69) is 45.8 Å². The summed E-state index contributed by atoms with van der Waals surface area (Å²) >= 11 is 0. The van der Waals surface area contributed by atoms with Gasteiger partial charge in [-0.2, -0.15) is 5.10 Å². The largest absolute Gasteiger partial charge is 0.293 e. The Kier molecular flexibility index (Phi) is 3.87. The zero-order valence-electron chi connectivity index (χ0n) is 14.5. The fraction of sp³-hybridized carbons (Fsp3) is 0.412. The summed E-state index contributed by atoms with van der Waals surface area (Å²) in [6.07, 6.45) is 5.07. The number of rotatable bonds is 3. The molecule has 0 aromatic carbocycles. The van der Waals surface area contributed by atoms with Gasteiger partial charge in [0.15, 0.2) is 17.3 Å². The number of nitrogens with zero attached hydrogens (tertiary/aromatic N) is 6. The quantitative estimate of drug-likeness (QED) is 0.689. The van der Waals surface area contributed by atoms with Crippen molar-refractivity contribution >= 4 is 16.8 Å². The van der Waals surface area contributed by atoms with E-state index < -0.39 is 0 Å². The number of aryl methyl sites for hydroxylation is 1. The van der Waals surface area contributed by atoms with E-state index in [0.29, 0.717) is 35.0 Å². The van der Waals surface area contributed by atoms with Crippen molar-refractivity contribution < 1.29 is 4.79 Å². The third kappa shape index (κ3) is 3.15. The third-order valence-corrected chi connectivity index (χ3v) is 3.49. The SMILES string of the molecule is CC(=O)c1nn(CC(C)(C)C)c2cnc(-c3cnc(C)nc3)nc12. The molecular weight excluding hydrogens is 304 g/mol. The smallest absolute Gasteiger partial charge is 0.182 e. The Morgan fingerprint density at radius 2 is 1.79 bits per heavy atom. The third-order valence-electron chi connectivity index (χ3n) is 3.49. The Hall–Kier alpha value is -2.70. The molecule has 0 fully saturated rings. The minimum atomic E-state index is -0.113. The Morgan fingerprint density at radius 3 is 2.38 bits per heavy atom. The lowest BCUT2D eigenvalue weighted by molar-refractivity contribution is 0.101. The van der Waals surface area contributed by atoms with Gasteiger partial charge in [-0.25, -0.2) is 19.9 Å². The van der Waals surface area contributed by atoms with Crippen LogP contribution in [0.3, 0.4) is 0 Å². The van der Waals surface area contributed by atoms with Gasteiger partial charge in [0.1, 0.15) is 16.9 Å². The molecule has 0 spiro atoms. The van der Waals surface area contributed by atoms with Gasteiger partial charge >= 0.3 is 0 Å². The fourth-order valence-electron chi connectivity index (χ4n) is 2.41. The molecule has 3 rings (SSSR count). The Bertz CT molecular complexity index is 905. The van der Waals surface area contributed by atoms with Gasteiger partial charge in [0, 0.05) is 25.9 Å². The van der Waals surface area contributed by atoms with E-state index in [1.54, 1.807) is 18.6 Å². The standard InChI is InChI=1S/C17H20N6O/c1-10(24)14-15-13(23(22-14)9-17(3,4)5)8-20-16(21-15)12-6-18-11(2)19-7-12/h6-8H,9H2,1-5H3. The Labute approximate surface area is 140 Å². The maximum atomic E-state index is 12.0. The molecule has 0 N–H and O–H groups in total. The molecule has 0 bridgehead atoms. The summed E-state index contributed by atoms with van der Waals surface area (Å²) in [7, 11) is 0. The summed E-state index contributed by atoms with van der Waals surface area (Å²) in [6, 6.07) is 0. The maximum Gasteiger partial charge on any atom is 0.182 e. The van der Waals surface area contributed by atoms with Crippen LogP contribution in [0.4, 0.5) is 0 Å². The average Bonchev–Trinajstić information content (AvgIpc) is 2.84. The van der Waals surface area contributed by atoms with Gasteiger partial charge in [-0.3, -0.25) is 9.48 Å². The first-order valence-electron chi connectivity index (χ1n) is 7.78. The monoisotopic (exact) mass is 324 g/mol. The molecule has 3 aromatic rings. The second kappa shape index (κ2) is 5.74. The van der Waals surface area contributed by atoms with E-state index in [0.717, 1.165) is 5.52 Å². The summed E-state index contributed by atoms with van der Waals surface area (Å²) in [5, 5.41) is 4.46. The van der Waals surface area contributed by atoms with Crippen molar-refractivity contribution in [3.8, 4) is 11.4 Å². The van der Waals surface area contributed by atoms with Crippen molar-refractivity contribution in [3.05, 3.63) is 30.1 Å². The van der Waals surface area contributed by atoms with Gasteiger partial charge in [0.05, 0.1) is 11.8 Å². The van der Waals surface area contributed by atoms with Crippen molar-refractivity contribution in [1.29, 1.82) is 0 Å². The summed E-state index contributed by atoms with van der Waals surface area (Å²) in [6.45, 7) is 10.3. The van der Waals surface area contributed by atoms with Gasteiger partial charge in [0.25, 0.3) is 0 Å². The fourth-order valence-corrected chi connectivity index (χ4v) is 2.41. The highest BCUT2D eigenvalue weighted by Gasteiger charge is 2.20. The molecule has 7 nitrogen and oxygen atoms in total. The summed E-state index contributed by atoms with van der Waals surface area (Å²) in [5.74, 6) is 1.06. The Morgan fingerprint density at radius 1 is 1.12 bits per heavy atom. The predicted molar refractivity (Wildman–Crippen MR) is 90.5 cm³/mol. The molecular formula is C17H20N6O. The highest BCUT2D eigenvalue weighted by molar-refractivity contribution is 6.03. The molecule has 0 saturated heterocycles. The molecule has 0 saturated carbocycles. The van der Waals surface area contributed by atoms with Crippen LogP contribution in [0.25, 0.3) is 22.4 Å². The van der Waals surface area contributed by atoms with Gasteiger partial charge in [-0.15, -0.1) is 0 Å². The molecule has 24 heavy (non-hydrogen) atoms. The molecule has 124 valence electrons. The lowest BCUT2D eigenvalue weighted by Gasteiger charge is -2.18. The molecule has 0 atom stereocenters. The second-order valence-electron chi connectivity index (χ2n) is 7.07. The van der Waals surface area contributed by atoms with Crippen LogP contribution < -0.4 is 0 Å². The number of carbonyl (C=O) groups is 1. The van der Waals surface area contributed by atoms with Crippen LogP contribution in [0.5, 0.6) is 0 Å². The minimum Gasteiger partial charge on any atom is -0.293 e. The van der Waals surface area contributed by atoms with Gasteiger partial charge in [0.2, 0.25) is 0 Å². The number of fused-ring (bicyclic) bond motifs is 1. The number of hydrogen-bond acceptors (Lipinski definition) is 6. The van der Waals surface area contributed by atoms with Crippen molar-refractivity contribution in [1.82, 2.24) is 29.7 Å². The van der Waals surface area contributed by atoms with Gasteiger partial charge < -0.3 is 0 Å². The zero-order chi connectivity index (χ0) is 17.5. The molecule has 7 heteroatoms. The van der Waals surface area contributed by atoms with E-state index >= 15 is 0 Å². The van der Waals surface area contributed by atoms with Crippen molar-refractivity contribution in [2.45, 2.75) is 41.2 Å². The predicted octanol–water partition coefficient (Wildman–Crippen LogP) is 2.84. The van der Waals surface area contributed by atoms with E-state index in [4.69, 9.17) is 0 Å². The van der Waals surface area contributed by atoms with E-state index in [1.807, 2.05) is 11.6 Å². The van der Waals surface area contributed by atoms with Crippen LogP contribution >= 0.6 is 0 Å². The lowest BCUT2D eigenvalue weighted by Crippen LogP contribution is -2.16. The van der Waals surface area contributed by atoms with E-state index in [9.17, 15) is 4.79 Å². The molecule has 0 radical (unpaired) electrons. The normalized spacial score (nSPS) is 11.9. The highest BCUT2D eigenvalue weighted by atomic mass is 16.1. The molecule has 0 amide bonds. The lowest BCUT2D eigenvalue weighted by atomic mass is 9.97. The van der Waals surface area contributed by atoms with Crippen LogP contribution in [-0.4, -0.2) is 35.5 Å². The first-order chi connectivity index (χ1) is 11.2. The Balaban J connectivity index is 2.16. The molecule has 3 heterocycles. The number of Topliss-reactive ketones (excluding diaryl/α,β-unsaturated/α-hetero) is 1. The van der Waals surface area contributed by atoms with Crippen LogP contribution in [0, 0.1) is 12.3 Å². The van der Waals surface area contributed by atoms with Gasteiger partial charge in [-0.1, -0.05) is 20.8 Å². The molecule has 0 unspecified atom stereocenters. The summed E-state index contributed by atoms with van der Waals surface area (Å²) in [4.78, 5) is 29.3. The number of ketones is 1. The van der Waals surface area contributed by atoms with E-state index in [1.165, 1.54) is 6.92 Å². The van der Waals surface area contributed by atoms with Crippen LogP contribution in [0.2, 0.25) is 0 Å². The first kappa shape index (κ1) is 16.2. The van der Waals surface area contributed by atoms with Gasteiger partial charge in [-0.05, 0) is 12.3 Å². The molecule has 0 aliphatic heterocycles. The first-order valence-corrected chi connectivity index (χ1v) is 7.78. The van der Waals surface area contributed by atoms with E-state index in [-0.39, 0.29) is 11.2 Å². The number of aromatic nitrogens is 6. The topological polar surface area (TPSA) is 86.5 Å². The van der Waals surface area contributed by atoms with Crippen LogP contribution in [0.1, 0.15) is 44.0 Å². The number of carbonyl (C=O) groups excluding carboxylic acids is 1. The van der Waals surface area contributed by atoms with Crippen molar-refractivity contribution in [3.63, 3.8) is 0 Å². The second-order valence-corrected chi connectivity index (χ2v) is 7.07. The molecule has 0 aliphatic rings. The zero-order valence-corrected chi connectivity index (χ0v) is 14.5. The molecule has 3 aromatic heterocycles. The van der Waals surface area contributed by atoms with Crippen molar-refractivity contribution in [2.75, 3.05) is 0 Å². The average molecular weight is 324 g/mol. The van der Waals surface area contributed by atoms with Crippen LogP contribution in [-0.2, 0) is 6.54 Å². The minimum absolute atomic E-state index is 0.0243.